The third kappa shape index (κ3) is 0.985. The maximum absolute atomic E-state index is 12.2. The highest BCUT2D eigenvalue weighted by Crippen LogP contribution is 2.39. The van der Waals surface area contributed by atoms with Crippen LogP contribution in [0.3, 0.4) is 0 Å². The second-order valence-electron chi connectivity index (χ2n) is 4.63. The molecule has 16 heavy (non-hydrogen) atoms. The summed E-state index contributed by atoms with van der Waals surface area (Å²) in [4.78, 5) is 31.7. The summed E-state index contributed by atoms with van der Waals surface area (Å²) in [5.74, 6) is -0.335. The number of carbonyl (C=O) groups excluding carboxylic acids is 2. The molecule has 1 N–H and O–H groups in total. The quantitative estimate of drug-likeness (QED) is 0.496. The SMILES string of the molecule is O=C1[C@H]2CCCN2C(=O)[C@@]2(OO)CCCN12. The van der Waals surface area contributed by atoms with Crippen LogP contribution in [0.15, 0.2) is 0 Å². The topological polar surface area (TPSA) is 70.1 Å². The predicted octanol–water partition coefficient (Wildman–Crippen LogP) is -0.201. The maximum Gasteiger partial charge on any atom is 0.279 e. The van der Waals surface area contributed by atoms with Crippen LogP contribution < -0.4 is 0 Å². The Balaban J connectivity index is 2.04. The van der Waals surface area contributed by atoms with Crippen LogP contribution in [0.25, 0.3) is 0 Å². The minimum absolute atomic E-state index is 0.0800. The van der Waals surface area contributed by atoms with Crippen LogP contribution in [0, 0.1) is 0 Å². The Kier molecular flexibility index (Phi) is 1.99. The molecule has 6 nitrogen and oxygen atoms in total. The van der Waals surface area contributed by atoms with Crippen LogP contribution >= 0.6 is 0 Å². The standard InChI is InChI=1S/C10H14N2O4/c13-8-7-3-1-5-11(7)9(14)10(16-15)4-2-6-12(8)10/h7,15H,1-6H2/t7-,10+/m1/s1. The first-order valence-electron chi connectivity index (χ1n) is 5.66. The van der Waals surface area contributed by atoms with Crippen molar-refractivity contribution in [1.29, 1.82) is 0 Å². The molecule has 6 heteroatoms. The number of nitrogens with zero attached hydrogens (tertiary/aromatic N) is 2. The van der Waals surface area contributed by atoms with Gasteiger partial charge in [-0.15, -0.1) is 0 Å². The van der Waals surface area contributed by atoms with Crippen molar-refractivity contribution in [2.24, 2.45) is 0 Å². The molecule has 2 amide bonds. The van der Waals surface area contributed by atoms with E-state index in [1.807, 2.05) is 0 Å². The van der Waals surface area contributed by atoms with Crippen molar-refractivity contribution < 1.29 is 19.7 Å². The third-order valence-electron chi connectivity index (χ3n) is 3.88. The van der Waals surface area contributed by atoms with E-state index < -0.39 is 5.72 Å². The molecule has 3 saturated heterocycles. The zero-order valence-electron chi connectivity index (χ0n) is 8.89. The van der Waals surface area contributed by atoms with E-state index in [9.17, 15) is 9.59 Å². The second kappa shape index (κ2) is 3.18. The Morgan fingerprint density at radius 2 is 2.12 bits per heavy atom. The summed E-state index contributed by atoms with van der Waals surface area (Å²) < 4.78 is 0. The van der Waals surface area contributed by atoms with Gasteiger partial charge in [0.2, 0.25) is 5.91 Å². The van der Waals surface area contributed by atoms with Crippen LogP contribution in [0.4, 0.5) is 0 Å². The van der Waals surface area contributed by atoms with Gasteiger partial charge in [-0.3, -0.25) is 9.59 Å². The van der Waals surface area contributed by atoms with Gasteiger partial charge >= 0.3 is 0 Å². The number of rotatable bonds is 1. The van der Waals surface area contributed by atoms with E-state index >= 15 is 0 Å². The van der Waals surface area contributed by atoms with Gasteiger partial charge in [-0.1, -0.05) is 0 Å². The van der Waals surface area contributed by atoms with E-state index in [-0.39, 0.29) is 17.9 Å². The van der Waals surface area contributed by atoms with Crippen LogP contribution in [-0.4, -0.2) is 51.7 Å². The fourth-order valence-corrected chi connectivity index (χ4v) is 3.11. The van der Waals surface area contributed by atoms with Gasteiger partial charge in [0.15, 0.2) is 0 Å². The number of carbonyl (C=O) groups is 2. The molecule has 0 aromatic rings. The molecule has 0 radical (unpaired) electrons. The van der Waals surface area contributed by atoms with Gasteiger partial charge < -0.3 is 9.80 Å². The Morgan fingerprint density at radius 1 is 1.31 bits per heavy atom. The van der Waals surface area contributed by atoms with Gasteiger partial charge in [0.1, 0.15) is 6.04 Å². The number of amides is 2. The molecule has 88 valence electrons. The van der Waals surface area contributed by atoms with E-state index in [4.69, 9.17) is 5.26 Å². The Morgan fingerprint density at radius 3 is 2.88 bits per heavy atom. The largest absolute Gasteiger partial charge is 0.326 e. The first kappa shape index (κ1) is 10.0. The number of fused-ring (bicyclic) bond motifs is 2. The number of hydrogen-bond acceptors (Lipinski definition) is 4. The average Bonchev–Trinajstić information content (AvgIpc) is 2.93. The molecule has 3 aliphatic heterocycles. The highest BCUT2D eigenvalue weighted by Gasteiger charge is 2.61. The lowest BCUT2D eigenvalue weighted by Crippen LogP contribution is -2.68. The zero-order valence-corrected chi connectivity index (χ0v) is 8.89. The fourth-order valence-electron chi connectivity index (χ4n) is 3.11. The summed E-state index contributed by atoms with van der Waals surface area (Å²) in [5, 5.41) is 9.02. The van der Waals surface area contributed by atoms with Gasteiger partial charge in [0.25, 0.3) is 11.6 Å². The fraction of sp³-hybridized carbons (Fsp3) is 0.800. The first-order valence-corrected chi connectivity index (χ1v) is 5.66. The van der Waals surface area contributed by atoms with Gasteiger partial charge in [0.05, 0.1) is 0 Å². The molecule has 3 heterocycles. The van der Waals surface area contributed by atoms with Crippen molar-refractivity contribution in [1.82, 2.24) is 9.80 Å². The summed E-state index contributed by atoms with van der Waals surface area (Å²) >= 11 is 0. The van der Waals surface area contributed by atoms with Crippen LogP contribution in [-0.2, 0) is 14.5 Å². The number of hydrogen-bond donors (Lipinski definition) is 1. The molecule has 3 fully saturated rings. The summed E-state index contributed by atoms with van der Waals surface area (Å²) in [5.41, 5.74) is -1.42. The van der Waals surface area contributed by atoms with Crippen molar-refractivity contribution in [2.45, 2.75) is 37.5 Å². The first-order chi connectivity index (χ1) is 7.70. The minimum atomic E-state index is -1.42. The van der Waals surface area contributed by atoms with E-state index in [1.165, 1.54) is 4.90 Å². The normalized spacial score (nSPS) is 37.9. The summed E-state index contributed by atoms with van der Waals surface area (Å²) in [6, 6.07) is -0.325. The summed E-state index contributed by atoms with van der Waals surface area (Å²) in [7, 11) is 0. The van der Waals surface area contributed by atoms with Crippen LogP contribution in [0.1, 0.15) is 25.7 Å². The van der Waals surface area contributed by atoms with E-state index in [0.717, 1.165) is 12.8 Å². The highest BCUT2D eigenvalue weighted by molar-refractivity contribution is 5.99. The molecular formula is C10H14N2O4. The third-order valence-corrected chi connectivity index (χ3v) is 3.88. The van der Waals surface area contributed by atoms with Crippen molar-refractivity contribution in [3.8, 4) is 0 Å². The Bertz CT molecular complexity index is 359. The van der Waals surface area contributed by atoms with Gasteiger partial charge in [0, 0.05) is 19.5 Å². The molecular weight excluding hydrogens is 212 g/mol. The Hall–Kier alpha value is -1.14. The summed E-state index contributed by atoms with van der Waals surface area (Å²) in [6.45, 7) is 1.09. The monoisotopic (exact) mass is 226 g/mol. The molecule has 0 aromatic carbocycles. The van der Waals surface area contributed by atoms with Gasteiger partial charge in [-0.05, 0) is 19.3 Å². The number of piperazine rings is 1. The molecule has 0 saturated carbocycles. The van der Waals surface area contributed by atoms with Crippen molar-refractivity contribution >= 4 is 11.8 Å². The van der Waals surface area contributed by atoms with Crippen molar-refractivity contribution in [3.63, 3.8) is 0 Å². The summed E-state index contributed by atoms with van der Waals surface area (Å²) in [6.07, 6.45) is 2.65. The van der Waals surface area contributed by atoms with E-state index in [1.54, 1.807) is 4.90 Å². The predicted molar refractivity (Wildman–Crippen MR) is 52.1 cm³/mol. The van der Waals surface area contributed by atoms with Crippen molar-refractivity contribution in [3.05, 3.63) is 0 Å². The molecule has 0 spiro atoms. The van der Waals surface area contributed by atoms with Crippen LogP contribution in [0.2, 0.25) is 0 Å². The molecule has 3 rings (SSSR count). The van der Waals surface area contributed by atoms with Gasteiger partial charge in [-0.2, -0.15) is 0 Å². The molecule has 2 atom stereocenters. The van der Waals surface area contributed by atoms with Crippen LogP contribution in [0.5, 0.6) is 0 Å². The van der Waals surface area contributed by atoms with E-state index in [2.05, 4.69) is 4.89 Å². The second-order valence-corrected chi connectivity index (χ2v) is 4.63. The lowest BCUT2D eigenvalue weighted by Gasteiger charge is -2.44. The molecule has 3 aliphatic rings. The average molecular weight is 226 g/mol. The minimum Gasteiger partial charge on any atom is -0.326 e. The molecule has 0 bridgehead atoms. The zero-order chi connectivity index (χ0) is 11.3. The maximum atomic E-state index is 12.2. The molecule has 0 unspecified atom stereocenters. The van der Waals surface area contributed by atoms with Gasteiger partial charge in [-0.25, -0.2) is 10.1 Å². The lowest BCUT2D eigenvalue weighted by atomic mass is 10.0. The van der Waals surface area contributed by atoms with E-state index in [0.29, 0.717) is 25.9 Å². The Labute approximate surface area is 92.7 Å². The smallest absolute Gasteiger partial charge is 0.279 e. The van der Waals surface area contributed by atoms with Crippen molar-refractivity contribution in [2.75, 3.05) is 13.1 Å². The molecule has 0 aliphatic carbocycles. The lowest BCUT2D eigenvalue weighted by molar-refractivity contribution is -0.345. The highest BCUT2D eigenvalue weighted by atomic mass is 17.1. The molecule has 0 aromatic heterocycles.